The summed E-state index contributed by atoms with van der Waals surface area (Å²) in [6, 6.07) is 43.5. The van der Waals surface area contributed by atoms with Crippen molar-refractivity contribution in [3.63, 3.8) is 0 Å². The van der Waals surface area contributed by atoms with Gasteiger partial charge in [0.2, 0.25) is 0 Å². The normalized spacial score (nSPS) is 11.4. The van der Waals surface area contributed by atoms with Gasteiger partial charge in [-0.05, 0) is 53.6 Å². The van der Waals surface area contributed by atoms with Crippen LogP contribution in [0, 0.1) is 0 Å². The molecule has 0 aliphatic heterocycles. The monoisotopic (exact) mass is 525 g/mol. The zero-order chi connectivity index (χ0) is 27.2. The van der Waals surface area contributed by atoms with Crippen molar-refractivity contribution in [1.29, 1.82) is 0 Å². The van der Waals surface area contributed by atoms with E-state index in [2.05, 4.69) is 82.2 Å². The van der Waals surface area contributed by atoms with E-state index in [0.717, 1.165) is 72.6 Å². The molecule has 3 aromatic carbocycles. The summed E-state index contributed by atoms with van der Waals surface area (Å²) in [6.45, 7) is 0. The summed E-state index contributed by atoms with van der Waals surface area (Å²) in [6.07, 6.45) is 3.82. The SMILES string of the molecule is c1ccc(-c2cccc(-c3ccc(-c4cccc(-c5nc6c(nc7ccccn76)c6ccccc56)c4)cc3)n2)nc1. The standard InChI is InChI=1S/C36H23N5/c1-2-12-29-28(11-1)34(40-36-35(29)39-33-16-4-6-22-41(33)36)27-10-7-9-26(23-27)24-17-19-25(20-18-24)30-14-8-15-32(38-30)31-13-3-5-21-37-31/h1-23H. The van der Waals surface area contributed by atoms with Gasteiger partial charge in [0.15, 0.2) is 5.65 Å². The van der Waals surface area contributed by atoms with Crippen LogP contribution in [0.25, 0.3) is 72.6 Å². The van der Waals surface area contributed by atoms with E-state index in [0.29, 0.717) is 0 Å². The Hall–Kier alpha value is -5.68. The van der Waals surface area contributed by atoms with Crippen LogP contribution in [0.1, 0.15) is 0 Å². The lowest BCUT2D eigenvalue weighted by Gasteiger charge is -2.10. The predicted molar refractivity (Wildman–Crippen MR) is 165 cm³/mol. The zero-order valence-corrected chi connectivity index (χ0v) is 22.0. The van der Waals surface area contributed by atoms with E-state index in [-0.39, 0.29) is 0 Å². The predicted octanol–water partition coefficient (Wildman–Crippen LogP) is 8.49. The molecular formula is C36H23N5. The second-order valence-electron chi connectivity index (χ2n) is 10.0. The summed E-state index contributed by atoms with van der Waals surface area (Å²) >= 11 is 0. The Morgan fingerprint density at radius 2 is 1.20 bits per heavy atom. The maximum atomic E-state index is 5.17. The first kappa shape index (κ1) is 23.2. The Balaban J connectivity index is 1.19. The smallest absolute Gasteiger partial charge is 0.165 e. The van der Waals surface area contributed by atoms with Crippen molar-refractivity contribution in [3.05, 3.63) is 140 Å². The van der Waals surface area contributed by atoms with Crippen molar-refractivity contribution in [1.82, 2.24) is 24.3 Å². The first-order valence-corrected chi connectivity index (χ1v) is 13.6. The van der Waals surface area contributed by atoms with Crippen LogP contribution in [-0.4, -0.2) is 24.3 Å². The Morgan fingerprint density at radius 3 is 2.07 bits per heavy atom. The lowest BCUT2D eigenvalue weighted by Crippen LogP contribution is -1.92. The number of nitrogens with zero attached hydrogens (tertiary/aromatic N) is 5. The van der Waals surface area contributed by atoms with Gasteiger partial charge in [0.1, 0.15) is 11.2 Å². The van der Waals surface area contributed by atoms with Gasteiger partial charge in [0, 0.05) is 34.3 Å². The molecule has 0 N–H and O–H groups in total. The molecule has 0 saturated heterocycles. The Morgan fingerprint density at radius 1 is 0.463 bits per heavy atom. The Bertz CT molecular complexity index is 2200. The lowest BCUT2D eigenvalue weighted by molar-refractivity contribution is 1.19. The summed E-state index contributed by atoms with van der Waals surface area (Å²) in [5.74, 6) is 0. The number of rotatable bonds is 4. The summed E-state index contributed by atoms with van der Waals surface area (Å²) < 4.78 is 2.06. The molecule has 0 amide bonds. The molecule has 0 spiro atoms. The minimum absolute atomic E-state index is 0.863. The van der Waals surface area contributed by atoms with Gasteiger partial charge in [-0.3, -0.25) is 9.38 Å². The molecule has 192 valence electrons. The Kier molecular flexibility index (Phi) is 5.38. The van der Waals surface area contributed by atoms with Crippen LogP contribution in [0.3, 0.4) is 0 Å². The van der Waals surface area contributed by atoms with Gasteiger partial charge in [-0.25, -0.2) is 15.0 Å². The average Bonchev–Trinajstić information content (AvgIpc) is 3.44. The third-order valence-corrected chi connectivity index (χ3v) is 7.49. The van der Waals surface area contributed by atoms with Crippen molar-refractivity contribution in [2.75, 3.05) is 0 Å². The molecule has 5 aromatic heterocycles. The van der Waals surface area contributed by atoms with Crippen molar-refractivity contribution in [3.8, 4) is 45.0 Å². The van der Waals surface area contributed by atoms with Crippen LogP contribution < -0.4 is 0 Å². The number of hydrogen-bond acceptors (Lipinski definition) is 4. The quantitative estimate of drug-likeness (QED) is 0.231. The molecule has 5 heteroatoms. The summed E-state index contributed by atoms with van der Waals surface area (Å²) in [5, 5.41) is 2.20. The number of imidazole rings is 1. The first-order chi connectivity index (χ1) is 20.3. The molecule has 41 heavy (non-hydrogen) atoms. The van der Waals surface area contributed by atoms with Gasteiger partial charge in [-0.15, -0.1) is 0 Å². The van der Waals surface area contributed by atoms with Crippen LogP contribution in [-0.2, 0) is 0 Å². The van der Waals surface area contributed by atoms with E-state index in [4.69, 9.17) is 15.0 Å². The van der Waals surface area contributed by atoms with Gasteiger partial charge >= 0.3 is 0 Å². The van der Waals surface area contributed by atoms with Crippen LogP contribution >= 0.6 is 0 Å². The number of hydrogen-bond donors (Lipinski definition) is 0. The van der Waals surface area contributed by atoms with E-state index in [1.54, 1.807) is 6.20 Å². The van der Waals surface area contributed by atoms with E-state index < -0.39 is 0 Å². The number of aromatic nitrogens is 5. The zero-order valence-electron chi connectivity index (χ0n) is 22.0. The minimum atomic E-state index is 0.863. The third-order valence-electron chi connectivity index (χ3n) is 7.49. The molecule has 0 radical (unpaired) electrons. The molecule has 0 saturated carbocycles. The van der Waals surface area contributed by atoms with Crippen molar-refractivity contribution in [2.24, 2.45) is 0 Å². The molecule has 5 heterocycles. The van der Waals surface area contributed by atoms with E-state index in [9.17, 15) is 0 Å². The highest BCUT2D eigenvalue weighted by Crippen LogP contribution is 2.34. The van der Waals surface area contributed by atoms with Crippen LogP contribution in [0.15, 0.2) is 140 Å². The molecule has 0 atom stereocenters. The van der Waals surface area contributed by atoms with Crippen LogP contribution in [0.5, 0.6) is 0 Å². The highest BCUT2D eigenvalue weighted by Gasteiger charge is 2.15. The molecule has 0 aliphatic rings. The van der Waals surface area contributed by atoms with Gasteiger partial charge in [0.25, 0.3) is 0 Å². The van der Waals surface area contributed by atoms with Crippen LogP contribution in [0.2, 0.25) is 0 Å². The first-order valence-electron chi connectivity index (χ1n) is 13.6. The van der Waals surface area contributed by atoms with Crippen molar-refractivity contribution < 1.29 is 0 Å². The Labute approximate surface area is 236 Å². The molecular weight excluding hydrogens is 502 g/mol. The number of pyridine rings is 4. The summed E-state index contributed by atoms with van der Waals surface area (Å²) in [7, 11) is 0. The average molecular weight is 526 g/mol. The van der Waals surface area contributed by atoms with E-state index >= 15 is 0 Å². The van der Waals surface area contributed by atoms with Gasteiger partial charge in [-0.2, -0.15) is 0 Å². The van der Waals surface area contributed by atoms with Gasteiger partial charge in [0.05, 0.1) is 22.8 Å². The van der Waals surface area contributed by atoms with Crippen LogP contribution in [0.4, 0.5) is 0 Å². The molecule has 0 fully saturated rings. The highest BCUT2D eigenvalue weighted by molar-refractivity contribution is 6.09. The summed E-state index contributed by atoms with van der Waals surface area (Å²) in [4.78, 5) is 19.4. The molecule has 0 bridgehead atoms. The van der Waals surface area contributed by atoms with E-state index in [1.807, 2.05) is 60.8 Å². The maximum Gasteiger partial charge on any atom is 0.165 e. The topological polar surface area (TPSA) is 56.0 Å². The molecule has 0 aliphatic carbocycles. The van der Waals surface area contributed by atoms with Gasteiger partial charge < -0.3 is 0 Å². The molecule has 8 aromatic rings. The molecule has 0 unspecified atom stereocenters. The largest absolute Gasteiger partial charge is 0.284 e. The second kappa shape index (κ2) is 9.50. The fraction of sp³-hybridized carbons (Fsp3) is 0. The molecule has 8 rings (SSSR count). The summed E-state index contributed by atoms with van der Waals surface area (Å²) in [5.41, 5.74) is 10.7. The number of fused-ring (bicyclic) bond motifs is 5. The second-order valence-corrected chi connectivity index (χ2v) is 10.0. The van der Waals surface area contributed by atoms with E-state index in [1.165, 1.54) is 0 Å². The number of benzene rings is 3. The maximum absolute atomic E-state index is 5.17. The molecule has 5 nitrogen and oxygen atoms in total. The third kappa shape index (κ3) is 4.03. The van der Waals surface area contributed by atoms with Crippen molar-refractivity contribution in [2.45, 2.75) is 0 Å². The fourth-order valence-electron chi connectivity index (χ4n) is 5.48. The lowest BCUT2D eigenvalue weighted by atomic mass is 9.97. The minimum Gasteiger partial charge on any atom is -0.284 e. The van der Waals surface area contributed by atoms with Crippen molar-refractivity contribution >= 4 is 27.6 Å². The fourth-order valence-corrected chi connectivity index (χ4v) is 5.48. The highest BCUT2D eigenvalue weighted by atomic mass is 15.1. The van der Waals surface area contributed by atoms with Gasteiger partial charge in [-0.1, -0.05) is 84.9 Å².